The predicted octanol–water partition coefficient (Wildman–Crippen LogP) is 4.77. The molecule has 3 saturated carbocycles. The molecule has 1 heterocycles. The molecule has 4 rings (SSSR count). The Hall–Kier alpha value is -0.0800. The highest BCUT2D eigenvalue weighted by atomic mass is 16.7. The van der Waals surface area contributed by atoms with Crippen LogP contribution in [0.3, 0.4) is 0 Å². The molecule has 4 fully saturated rings. The van der Waals surface area contributed by atoms with Gasteiger partial charge in [-0.1, -0.05) is 13.3 Å². The Bertz CT molecular complexity index is 351. The van der Waals surface area contributed by atoms with Gasteiger partial charge in [0, 0.05) is 12.8 Å². The van der Waals surface area contributed by atoms with Crippen LogP contribution in [0.25, 0.3) is 0 Å². The van der Waals surface area contributed by atoms with E-state index in [2.05, 4.69) is 6.92 Å². The van der Waals surface area contributed by atoms with Gasteiger partial charge in [-0.2, -0.15) is 0 Å². The van der Waals surface area contributed by atoms with Crippen molar-refractivity contribution in [2.45, 2.75) is 76.9 Å². The van der Waals surface area contributed by atoms with E-state index in [4.69, 9.17) is 9.47 Å². The maximum absolute atomic E-state index is 5.89. The standard InChI is InChI=1S/C19H32O2/c1-14-2-3-18-13-17(5-4-16(18)12-14)15-6-8-19(9-7-15)20-10-11-21-19/h14-18H,2-13H2,1H3. The lowest BCUT2D eigenvalue weighted by Crippen LogP contribution is -2.39. The summed E-state index contributed by atoms with van der Waals surface area (Å²) in [6.07, 6.45) is 14.1. The van der Waals surface area contributed by atoms with Gasteiger partial charge in [-0.3, -0.25) is 0 Å². The highest BCUT2D eigenvalue weighted by Crippen LogP contribution is 2.50. The summed E-state index contributed by atoms with van der Waals surface area (Å²) in [6.45, 7) is 4.09. The molecule has 1 spiro atoms. The van der Waals surface area contributed by atoms with Crippen molar-refractivity contribution in [3.8, 4) is 0 Å². The topological polar surface area (TPSA) is 18.5 Å². The molecular formula is C19H32O2. The average Bonchev–Trinajstić information content (AvgIpc) is 2.96. The highest BCUT2D eigenvalue weighted by Gasteiger charge is 2.43. The molecule has 0 aromatic heterocycles. The fourth-order valence-electron chi connectivity index (χ4n) is 5.93. The van der Waals surface area contributed by atoms with Gasteiger partial charge in [-0.25, -0.2) is 0 Å². The molecule has 0 bridgehead atoms. The number of rotatable bonds is 1. The molecule has 120 valence electrons. The minimum absolute atomic E-state index is 0.159. The van der Waals surface area contributed by atoms with Gasteiger partial charge in [0.15, 0.2) is 5.79 Å². The Kier molecular flexibility index (Phi) is 4.04. The van der Waals surface area contributed by atoms with E-state index in [1.807, 2.05) is 0 Å². The molecule has 21 heavy (non-hydrogen) atoms. The monoisotopic (exact) mass is 292 g/mol. The Morgan fingerprint density at radius 3 is 1.95 bits per heavy atom. The minimum atomic E-state index is -0.159. The molecule has 0 aromatic carbocycles. The molecule has 2 nitrogen and oxygen atoms in total. The molecule has 3 aliphatic carbocycles. The van der Waals surface area contributed by atoms with Gasteiger partial charge in [0.25, 0.3) is 0 Å². The first-order valence-corrected chi connectivity index (χ1v) is 9.52. The van der Waals surface area contributed by atoms with E-state index in [1.165, 1.54) is 51.4 Å². The van der Waals surface area contributed by atoms with Gasteiger partial charge in [-0.15, -0.1) is 0 Å². The number of hydrogen-bond acceptors (Lipinski definition) is 2. The Labute approximate surface area is 130 Å². The van der Waals surface area contributed by atoms with Gasteiger partial charge in [0.05, 0.1) is 13.2 Å². The van der Waals surface area contributed by atoms with E-state index < -0.39 is 0 Å². The third-order valence-electron chi connectivity index (χ3n) is 7.19. The van der Waals surface area contributed by atoms with Crippen LogP contribution in [0.4, 0.5) is 0 Å². The van der Waals surface area contributed by atoms with Crippen molar-refractivity contribution in [1.29, 1.82) is 0 Å². The Morgan fingerprint density at radius 1 is 0.667 bits per heavy atom. The zero-order chi connectivity index (χ0) is 14.3. The van der Waals surface area contributed by atoms with Crippen LogP contribution in [0.5, 0.6) is 0 Å². The van der Waals surface area contributed by atoms with Gasteiger partial charge in [0.2, 0.25) is 0 Å². The van der Waals surface area contributed by atoms with E-state index in [-0.39, 0.29) is 5.79 Å². The second-order valence-electron chi connectivity index (χ2n) is 8.46. The fraction of sp³-hybridized carbons (Fsp3) is 1.00. The third-order valence-corrected chi connectivity index (χ3v) is 7.19. The lowest BCUT2D eigenvalue weighted by Gasteiger charge is -2.46. The second kappa shape index (κ2) is 5.85. The van der Waals surface area contributed by atoms with Crippen molar-refractivity contribution in [3.63, 3.8) is 0 Å². The van der Waals surface area contributed by atoms with Gasteiger partial charge < -0.3 is 9.47 Å². The predicted molar refractivity (Wildman–Crippen MR) is 83.9 cm³/mol. The summed E-state index contributed by atoms with van der Waals surface area (Å²) in [5, 5.41) is 0. The van der Waals surface area contributed by atoms with Crippen molar-refractivity contribution in [2.75, 3.05) is 13.2 Å². The molecule has 0 radical (unpaired) electrons. The summed E-state index contributed by atoms with van der Waals surface area (Å²) in [6, 6.07) is 0. The van der Waals surface area contributed by atoms with E-state index in [0.717, 1.165) is 55.6 Å². The van der Waals surface area contributed by atoms with Crippen molar-refractivity contribution in [1.82, 2.24) is 0 Å². The van der Waals surface area contributed by atoms with Crippen LogP contribution in [-0.4, -0.2) is 19.0 Å². The SMILES string of the molecule is CC1CCC2CC(C3CCC4(CC3)OCCO4)CCC2C1. The normalized spacial score (nSPS) is 43.9. The summed E-state index contributed by atoms with van der Waals surface area (Å²) in [5.41, 5.74) is 0. The summed E-state index contributed by atoms with van der Waals surface area (Å²) < 4.78 is 11.8. The maximum Gasteiger partial charge on any atom is 0.168 e. The second-order valence-corrected chi connectivity index (χ2v) is 8.46. The summed E-state index contributed by atoms with van der Waals surface area (Å²) in [5.74, 6) is 4.95. The van der Waals surface area contributed by atoms with Crippen molar-refractivity contribution >= 4 is 0 Å². The van der Waals surface area contributed by atoms with Crippen LogP contribution in [0.15, 0.2) is 0 Å². The Morgan fingerprint density at radius 2 is 1.24 bits per heavy atom. The lowest BCUT2D eigenvalue weighted by molar-refractivity contribution is -0.186. The molecule has 4 unspecified atom stereocenters. The number of hydrogen-bond donors (Lipinski definition) is 0. The van der Waals surface area contributed by atoms with Crippen LogP contribution in [0, 0.1) is 29.6 Å². The number of ether oxygens (including phenoxy) is 2. The fourth-order valence-corrected chi connectivity index (χ4v) is 5.93. The average molecular weight is 292 g/mol. The van der Waals surface area contributed by atoms with Crippen molar-refractivity contribution < 1.29 is 9.47 Å². The summed E-state index contributed by atoms with van der Waals surface area (Å²) >= 11 is 0. The largest absolute Gasteiger partial charge is 0.348 e. The molecule has 0 N–H and O–H groups in total. The van der Waals surface area contributed by atoms with Gasteiger partial charge >= 0.3 is 0 Å². The van der Waals surface area contributed by atoms with Crippen LogP contribution in [0.1, 0.15) is 71.1 Å². The molecule has 0 amide bonds. The molecule has 0 aromatic rings. The zero-order valence-electron chi connectivity index (χ0n) is 13.7. The van der Waals surface area contributed by atoms with Crippen molar-refractivity contribution in [3.05, 3.63) is 0 Å². The van der Waals surface area contributed by atoms with E-state index in [1.54, 1.807) is 0 Å². The van der Waals surface area contributed by atoms with E-state index in [9.17, 15) is 0 Å². The van der Waals surface area contributed by atoms with Crippen LogP contribution >= 0.6 is 0 Å². The molecule has 4 atom stereocenters. The van der Waals surface area contributed by atoms with Crippen LogP contribution in [-0.2, 0) is 9.47 Å². The van der Waals surface area contributed by atoms with E-state index >= 15 is 0 Å². The number of fused-ring (bicyclic) bond motifs is 1. The molecular weight excluding hydrogens is 260 g/mol. The lowest BCUT2D eigenvalue weighted by atomic mass is 9.61. The van der Waals surface area contributed by atoms with Crippen LogP contribution in [0.2, 0.25) is 0 Å². The minimum Gasteiger partial charge on any atom is -0.348 e. The molecule has 4 aliphatic rings. The summed E-state index contributed by atoms with van der Waals surface area (Å²) in [4.78, 5) is 0. The van der Waals surface area contributed by atoms with Crippen molar-refractivity contribution in [2.24, 2.45) is 29.6 Å². The van der Waals surface area contributed by atoms with Gasteiger partial charge in [0.1, 0.15) is 0 Å². The molecule has 1 saturated heterocycles. The first kappa shape index (κ1) is 14.5. The quantitative estimate of drug-likeness (QED) is 0.693. The molecule has 2 heteroatoms. The highest BCUT2D eigenvalue weighted by molar-refractivity contribution is 4.90. The Balaban J connectivity index is 1.32. The molecule has 1 aliphatic heterocycles. The summed E-state index contributed by atoms with van der Waals surface area (Å²) in [7, 11) is 0. The zero-order valence-corrected chi connectivity index (χ0v) is 13.7. The smallest absolute Gasteiger partial charge is 0.168 e. The van der Waals surface area contributed by atoms with Gasteiger partial charge in [-0.05, 0) is 74.5 Å². The van der Waals surface area contributed by atoms with Crippen LogP contribution < -0.4 is 0 Å². The van der Waals surface area contributed by atoms with E-state index in [0.29, 0.717) is 0 Å². The first-order valence-electron chi connectivity index (χ1n) is 9.52. The first-order chi connectivity index (χ1) is 10.2. The maximum atomic E-state index is 5.89. The third kappa shape index (κ3) is 2.91.